The minimum absolute atomic E-state index is 0. The Morgan fingerprint density at radius 3 is 2.42 bits per heavy atom. The Morgan fingerprint density at radius 2 is 1.92 bits per heavy atom. The number of halogens is 3. The minimum atomic E-state index is -2.98. The Balaban J connectivity index is 0.00000288. The number of amides is 1. The fourth-order valence-corrected chi connectivity index (χ4v) is 2.81. The molecular weight excluding hydrogens is 342 g/mol. The van der Waals surface area contributed by atoms with Gasteiger partial charge in [0.25, 0.3) is 5.91 Å². The monoisotopic (exact) mass is 364 g/mol. The van der Waals surface area contributed by atoms with Gasteiger partial charge in [-0.2, -0.15) is 8.78 Å². The third-order valence-corrected chi connectivity index (χ3v) is 4.20. The molecular formula is C16H23ClF2N2O3. The average molecular weight is 365 g/mol. The molecule has 1 aromatic rings. The van der Waals surface area contributed by atoms with E-state index in [4.69, 9.17) is 10.5 Å². The normalized spacial score (nSPS) is 16.5. The summed E-state index contributed by atoms with van der Waals surface area (Å²) in [6.07, 6.45) is 1.69. The summed E-state index contributed by atoms with van der Waals surface area (Å²) in [4.78, 5) is 14.2. The van der Waals surface area contributed by atoms with E-state index in [9.17, 15) is 13.6 Å². The molecule has 0 bridgehead atoms. The number of ether oxygens (including phenoxy) is 2. The summed E-state index contributed by atoms with van der Waals surface area (Å²) in [6, 6.07) is 4.42. The van der Waals surface area contributed by atoms with Crippen molar-refractivity contribution in [2.45, 2.75) is 32.4 Å². The SMILES string of the molecule is COc1ccc(C(=O)N2CCC(C(C)N)CC2)cc1OC(F)F.Cl. The largest absolute Gasteiger partial charge is 0.493 e. The topological polar surface area (TPSA) is 64.8 Å². The first kappa shape index (κ1) is 20.4. The van der Waals surface area contributed by atoms with E-state index in [-0.39, 0.29) is 35.9 Å². The zero-order chi connectivity index (χ0) is 17.0. The van der Waals surface area contributed by atoms with Crippen molar-refractivity contribution in [2.24, 2.45) is 11.7 Å². The molecule has 1 heterocycles. The number of benzene rings is 1. The van der Waals surface area contributed by atoms with Crippen molar-refractivity contribution < 1.29 is 23.0 Å². The van der Waals surface area contributed by atoms with Crippen LogP contribution in [0.2, 0.25) is 0 Å². The van der Waals surface area contributed by atoms with E-state index >= 15 is 0 Å². The van der Waals surface area contributed by atoms with Crippen LogP contribution in [0.25, 0.3) is 0 Å². The lowest BCUT2D eigenvalue weighted by atomic mass is 9.90. The fourth-order valence-electron chi connectivity index (χ4n) is 2.81. The van der Waals surface area contributed by atoms with Gasteiger partial charge in [-0.25, -0.2) is 0 Å². The van der Waals surface area contributed by atoms with Gasteiger partial charge in [0.15, 0.2) is 11.5 Å². The van der Waals surface area contributed by atoms with Gasteiger partial charge in [-0.15, -0.1) is 12.4 Å². The summed E-state index contributed by atoms with van der Waals surface area (Å²) in [5.41, 5.74) is 6.20. The molecule has 136 valence electrons. The Kier molecular flexibility index (Phi) is 7.69. The maximum absolute atomic E-state index is 12.5. The zero-order valence-electron chi connectivity index (χ0n) is 13.7. The van der Waals surface area contributed by atoms with Crippen LogP contribution in [-0.2, 0) is 0 Å². The number of carbonyl (C=O) groups is 1. The lowest BCUT2D eigenvalue weighted by Gasteiger charge is -2.33. The predicted molar refractivity (Wildman–Crippen MR) is 89.2 cm³/mol. The molecule has 1 aliphatic heterocycles. The van der Waals surface area contributed by atoms with Crippen LogP contribution in [0.4, 0.5) is 8.78 Å². The molecule has 0 saturated carbocycles. The summed E-state index contributed by atoms with van der Waals surface area (Å²) in [6.45, 7) is 0.222. The maximum Gasteiger partial charge on any atom is 0.387 e. The number of hydrogen-bond donors (Lipinski definition) is 1. The molecule has 2 rings (SSSR count). The van der Waals surface area contributed by atoms with Crippen molar-refractivity contribution in [1.82, 2.24) is 4.90 Å². The number of likely N-dealkylation sites (tertiary alicyclic amines) is 1. The van der Waals surface area contributed by atoms with Crippen molar-refractivity contribution >= 4 is 18.3 Å². The minimum Gasteiger partial charge on any atom is -0.493 e. The second-order valence-electron chi connectivity index (χ2n) is 5.73. The lowest BCUT2D eigenvalue weighted by Crippen LogP contribution is -2.42. The molecule has 1 aromatic carbocycles. The van der Waals surface area contributed by atoms with Crippen molar-refractivity contribution in [3.63, 3.8) is 0 Å². The first-order valence-electron chi connectivity index (χ1n) is 7.60. The van der Waals surface area contributed by atoms with Crippen LogP contribution in [0.5, 0.6) is 11.5 Å². The van der Waals surface area contributed by atoms with Gasteiger partial charge in [-0.3, -0.25) is 4.79 Å². The Hall–Kier alpha value is -1.60. The first-order valence-corrected chi connectivity index (χ1v) is 7.60. The van der Waals surface area contributed by atoms with E-state index in [0.29, 0.717) is 24.6 Å². The maximum atomic E-state index is 12.5. The number of methoxy groups -OCH3 is 1. The third-order valence-electron chi connectivity index (χ3n) is 4.20. The molecule has 5 nitrogen and oxygen atoms in total. The molecule has 1 amide bonds. The van der Waals surface area contributed by atoms with E-state index in [2.05, 4.69) is 4.74 Å². The lowest BCUT2D eigenvalue weighted by molar-refractivity contribution is -0.0512. The first-order chi connectivity index (χ1) is 10.9. The third kappa shape index (κ3) is 4.95. The second kappa shape index (κ2) is 9.03. The van der Waals surface area contributed by atoms with Gasteiger partial charge in [0.1, 0.15) is 0 Å². The number of nitrogens with zero attached hydrogens (tertiary/aromatic N) is 1. The Morgan fingerprint density at radius 1 is 1.29 bits per heavy atom. The van der Waals surface area contributed by atoms with Crippen molar-refractivity contribution in [3.8, 4) is 11.5 Å². The predicted octanol–water partition coefficient (Wildman–Crippen LogP) is 2.92. The summed E-state index contributed by atoms with van der Waals surface area (Å²) in [5, 5.41) is 0. The van der Waals surface area contributed by atoms with Gasteiger partial charge in [0.2, 0.25) is 0 Å². The number of rotatable bonds is 5. The summed E-state index contributed by atoms with van der Waals surface area (Å²) in [7, 11) is 1.36. The van der Waals surface area contributed by atoms with E-state index in [1.54, 1.807) is 11.0 Å². The summed E-state index contributed by atoms with van der Waals surface area (Å²) < 4.78 is 34.3. The highest BCUT2D eigenvalue weighted by Gasteiger charge is 2.26. The van der Waals surface area contributed by atoms with Gasteiger partial charge in [0, 0.05) is 24.7 Å². The Labute approximate surface area is 146 Å². The van der Waals surface area contributed by atoms with Gasteiger partial charge in [-0.1, -0.05) is 0 Å². The Bertz CT molecular complexity index is 550. The van der Waals surface area contributed by atoms with E-state index in [1.807, 2.05) is 6.92 Å². The van der Waals surface area contributed by atoms with Crippen LogP contribution >= 0.6 is 12.4 Å². The molecule has 0 radical (unpaired) electrons. The summed E-state index contributed by atoms with van der Waals surface area (Å²) in [5.74, 6) is 0.235. The number of alkyl halides is 2. The van der Waals surface area contributed by atoms with Crippen LogP contribution < -0.4 is 15.2 Å². The molecule has 8 heteroatoms. The highest BCUT2D eigenvalue weighted by Crippen LogP contribution is 2.30. The van der Waals surface area contributed by atoms with Crippen LogP contribution in [0.1, 0.15) is 30.1 Å². The van der Waals surface area contributed by atoms with Gasteiger partial charge in [0.05, 0.1) is 7.11 Å². The highest BCUT2D eigenvalue weighted by atomic mass is 35.5. The van der Waals surface area contributed by atoms with Crippen molar-refractivity contribution in [2.75, 3.05) is 20.2 Å². The molecule has 24 heavy (non-hydrogen) atoms. The standard InChI is InChI=1S/C16H22F2N2O3.ClH/c1-10(19)11-5-7-20(8-6-11)15(21)12-3-4-13(22-2)14(9-12)23-16(17)18;/h3-4,9-11,16H,5-8,19H2,1-2H3;1H. The van der Waals surface area contributed by atoms with E-state index in [0.717, 1.165) is 12.8 Å². The molecule has 1 aliphatic rings. The molecule has 0 aliphatic carbocycles. The van der Waals surface area contributed by atoms with Crippen molar-refractivity contribution in [1.29, 1.82) is 0 Å². The zero-order valence-corrected chi connectivity index (χ0v) is 14.5. The van der Waals surface area contributed by atoms with Crippen molar-refractivity contribution in [3.05, 3.63) is 23.8 Å². The van der Waals surface area contributed by atoms with Crippen LogP contribution in [0.15, 0.2) is 18.2 Å². The number of carbonyl (C=O) groups excluding carboxylic acids is 1. The van der Waals surface area contributed by atoms with Gasteiger partial charge in [-0.05, 0) is 43.9 Å². The van der Waals surface area contributed by atoms with E-state index < -0.39 is 6.61 Å². The molecule has 1 atom stereocenters. The van der Waals surface area contributed by atoms with Crippen LogP contribution in [-0.4, -0.2) is 43.7 Å². The molecule has 0 spiro atoms. The molecule has 0 aromatic heterocycles. The smallest absolute Gasteiger partial charge is 0.387 e. The second-order valence-corrected chi connectivity index (χ2v) is 5.73. The number of piperidine rings is 1. The van der Waals surface area contributed by atoms with Crippen LogP contribution in [0.3, 0.4) is 0 Å². The number of hydrogen-bond acceptors (Lipinski definition) is 4. The fraction of sp³-hybridized carbons (Fsp3) is 0.562. The molecule has 1 saturated heterocycles. The van der Waals surface area contributed by atoms with Gasteiger partial charge < -0.3 is 20.1 Å². The van der Waals surface area contributed by atoms with Crippen LogP contribution in [0, 0.1) is 5.92 Å². The average Bonchev–Trinajstić information content (AvgIpc) is 2.53. The summed E-state index contributed by atoms with van der Waals surface area (Å²) >= 11 is 0. The highest BCUT2D eigenvalue weighted by molar-refractivity contribution is 5.95. The molecule has 2 N–H and O–H groups in total. The molecule has 1 fully saturated rings. The quantitative estimate of drug-likeness (QED) is 0.872. The molecule has 1 unspecified atom stereocenters. The van der Waals surface area contributed by atoms with E-state index in [1.165, 1.54) is 19.2 Å². The number of nitrogens with two attached hydrogens (primary N) is 1. The van der Waals surface area contributed by atoms with Gasteiger partial charge >= 0.3 is 6.61 Å².